The Bertz CT molecular complexity index is 531. The summed E-state index contributed by atoms with van der Waals surface area (Å²) >= 11 is 1.69. The van der Waals surface area contributed by atoms with Crippen molar-refractivity contribution in [2.75, 3.05) is 7.05 Å². The summed E-state index contributed by atoms with van der Waals surface area (Å²) in [6.45, 7) is 5.28. The van der Waals surface area contributed by atoms with E-state index in [1.54, 1.807) is 18.4 Å². The number of aromatic nitrogens is 1. The Balaban J connectivity index is 0.00000200. The van der Waals surface area contributed by atoms with Gasteiger partial charge in [-0.05, 0) is 36.2 Å². The van der Waals surface area contributed by atoms with E-state index in [1.807, 2.05) is 13.8 Å². The Hall–Kier alpha value is -1.09. The van der Waals surface area contributed by atoms with Crippen molar-refractivity contribution in [3.63, 3.8) is 0 Å². The van der Waals surface area contributed by atoms with Crippen LogP contribution in [0.15, 0.2) is 26.3 Å². The highest BCUT2D eigenvalue weighted by molar-refractivity contribution is 14.0. The zero-order valence-corrected chi connectivity index (χ0v) is 14.9. The fourth-order valence-electron chi connectivity index (χ4n) is 1.73. The first-order valence-corrected chi connectivity index (χ1v) is 7.02. The van der Waals surface area contributed by atoms with Crippen LogP contribution in [-0.4, -0.2) is 18.2 Å². The van der Waals surface area contributed by atoms with Crippen molar-refractivity contribution < 1.29 is 4.52 Å². The van der Waals surface area contributed by atoms with Gasteiger partial charge in [0.05, 0.1) is 5.69 Å². The number of guanidine groups is 1. The molecule has 0 aliphatic carbocycles. The quantitative estimate of drug-likeness (QED) is 0.466. The predicted octanol–water partition coefficient (Wildman–Crippen LogP) is 2.84. The van der Waals surface area contributed by atoms with Crippen molar-refractivity contribution in [3.8, 4) is 0 Å². The third kappa shape index (κ3) is 4.48. The smallest absolute Gasteiger partial charge is 0.191 e. The topological polar surface area (TPSA) is 62.5 Å². The number of halogens is 1. The van der Waals surface area contributed by atoms with Gasteiger partial charge in [-0.15, -0.1) is 24.0 Å². The highest BCUT2D eigenvalue weighted by Gasteiger charge is 2.09. The summed E-state index contributed by atoms with van der Waals surface area (Å²) in [6.07, 6.45) is 0. The molecular weight excluding hydrogens is 387 g/mol. The fraction of sp³-hybridized carbons (Fsp3) is 0.385. The second-order valence-electron chi connectivity index (χ2n) is 4.21. The number of nitrogens with one attached hydrogen (secondary N) is 2. The molecule has 0 atom stereocenters. The monoisotopic (exact) mass is 406 g/mol. The minimum absolute atomic E-state index is 0. The normalized spacial score (nSPS) is 11.1. The molecule has 7 heteroatoms. The molecule has 2 N–H and O–H groups in total. The molecule has 0 spiro atoms. The summed E-state index contributed by atoms with van der Waals surface area (Å²) < 4.78 is 5.13. The summed E-state index contributed by atoms with van der Waals surface area (Å²) in [5.41, 5.74) is 3.25. The summed E-state index contributed by atoms with van der Waals surface area (Å²) in [4.78, 5) is 4.19. The Morgan fingerprint density at radius 3 is 2.65 bits per heavy atom. The number of rotatable bonds is 4. The maximum atomic E-state index is 5.13. The molecule has 0 unspecified atom stereocenters. The van der Waals surface area contributed by atoms with Crippen molar-refractivity contribution in [3.05, 3.63) is 39.4 Å². The molecule has 0 aliphatic heterocycles. The lowest BCUT2D eigenvalue weighted by molar-refractivity contribution is 0.392. The van der Waals surface area contributed by atoms with Gasteiger partial charge < -0.3 is 15.2 Å². The Labute approximate surface area is 139 Å². The SMILES string of the molecule is CN=C(NCc1ccsc1)NCc1c(C)noc1C.I. The Kier molecular flexibility index (Phi) is 7.00. The van der Waals surface area contributed by atoms with Gasteiger partial charge in [0.1, 0.15) is 5.76 Å². The second kappa shape index (κ2) is 8.25. The number of thiophene rings is 1. The van der Waals surface area contributed by atoms with Crippen LogP contribution in [0.4, 0.5) is 0 Å². The Morgan fingerprint density at radius 2 is 2.10 bits per heavy atom. The van der Waals surface area contributed by atoms with Gasteiger partial charge in [-0.1, -0.05) is 5.16 Å². The molecule has 5 nitrogen and oxygen atoms in total. The van der Waals surface area contributed by atoms with Crippen LogP contribution in [0.3, 0.4) is 0 Å². The highest BCUT2D eigenvalue weighted by atomic mass is 127. The van der Waals surface area contributed by atoms with Gasteiger partial charge in [0, 0.05) is 25.7 Å². The van der Waals surface area contributed by atoms with Crippen LogP contribution in [0.25, 0.3) is 0 Å². The van der Waals surface area contributed by atoms with Crippen LogP contribution in [0.5, 0.6) is 0 Å². The number of aryl methyl sites for hydroxylation is 2. The summed E-state index contributed by atoms with van der Waals surface area (Å²) in [5.74, 6) is 1.62. The minimum atomic E-state index is 0. The van der Waals surface area contributed by atoms with Gasteiger partial charge in [0.15, 0.2) is 5.96 Å². The highest BCUT2D eigenvalue weighted by Crippen LogP contribution is 2.11. The average Bonchev–Trinajstić information content (AvgIpc) is 3.02. The molecule has 2 heterocycles. The molecule has 2 rings (SSSR count). The molecule has 0 bridgehead atoms. The summed E-state index contributed by atoms with van der Waals surface area (Å²) in [7, 11) is 1.76. The zero-order valence-electron chi connectivity index (χ0n) is 11.8. The molecule has 0 amide bonds. The Morgan fingerprint density at radius 1 is 1.35 bits per heavy atom. The van der Waals surface area contributed by atoms with E-state index < -0.39 is 0 Å². The first-order chi connectivity index (χ1) is 9.20. The maximum absolute atomic E-state index is 5.13. The summed E-state index contributed by atoms with van der Waals surface area (Å²) in [5, 5.41) is 14.6. The molecule has 0 aromatic carbocycles. The van der Waals surface area contributed by atoms with Crippen molar-refractivity contribution in [2.45, 2.75) is 26.9 Å². The molecule has 2 aromatic rings. The number of hydrogen-bond acceptors (Lipinski definition) is 4. The molecule has 20 heavy (non-hydrogen) atoms. The maximum Gasteiger partial charge on any atom is 0.191 e. The van der Waals surface area contributed by atoms with E-state index in [0.717, 1.165) is 29.5 Å². The van der Waals surface area contributed by atoms with E-state index >= 15 is 0 Å². The standard InChI is InChI=1S/C13H18N4OS.HI/c1-9-12(10(2)18-17-9)7-16-13(14-3)15-6-11-4-5-19-8-11;/h4-5,8H,6-7H2,1-3H3,(H2,14,15,16);1H. The predicted molar refractivity (Wildman–Crippen MR) is 92.7 cm³/mol. The molecule has 0 saturated carbocycles. The number of hydrogen-bond donors (Lipinski definition) is 2. The van der Waals surface area contributed by atoms with E-state index in [0.29, 0.717) is 6.54 Å². The minimum Gasteiger partial charge on any atom is -0.361 e. The lowest BCUT2D eigenvalue weighted by Gasteiger charge is -2.11. The van der Waals surface area contributed by atoms with Crippen molar-refractivity contribution in [2.24, 2.45) is 4.99 Å². The van der Waals surface area contributed by atoms with Gasteiger partial charge in [0.2, 0.25) is 0 Å². The molecule has 110 valence electrons. The lowest BCUT2D eigenvalue weighted by Crippen LogP contribution is -2.36. The lowest BCUT2D eigenvalue weighted by atomic mass is 10.2. The fourth-order valence-corrected chi connectivity index (χ4v) is 2.39. The largest absolute Gasteiger partial charge is 0.361 e. The second-order valence-corrected chi connectivity index (χ2v) is 4.99. The first-order valence-electron chi connectivity index (χ1n) is 6.08. The average molecular weight is 406 g/mol. The van der Waals surface area contributed by atoms with Crippen LogP contribution < -0.4 is 10.6 Å². The van der Waals surface area contributed by atoms with Gasteiger partial charge in [-0.25, -0.2) is 0 Å². The molecule has 2 aromatic heterocycles. The molecule has 0 radical (unpaired) electrons. The van der Waals surface area contributed by atoms with Crippen molar-refractivity contribution in [1.82, 2.24) is 15.8 Å². The van der Waals surface area contributed by atoms with Crippen molar-refractivity contribution >= 4 is 41.3 Å². The molecule has 0 fully saturated rings. The zero-order chi connectivity index (χ0) is 13.7. The van der Waals surface area contributed by atoms with Crippen LogP contribution in [-0.2, 0) is 13.1 Å². The number of nitrogens with zero attached hydrogens (tertiary/aromatic N) is 2. The third-order valence-electron chi connectivity index (χ3n) is 2.88. The van der Waals surface area contributed by atoms with Gasteiger partial charge in [-0.2, -0.15) is 11.3 Å². The van der Waals surface area contributed by atoms with E-state index in [2.05, 4.69) is 37.6 Å². The third-order valence-corrected chi connectivity index (χ3v) is 3.61. The van der Waals surface area contributed by atoms with Gasteiger partial charge >= 0.3 is 0 Å². The van der Waals surface area contributed by atoms with Crippen LogP contribution in [0.1, 0.15) is 22.6 Å². The molecule has 0 saturated heterocycles. The van der Waals surface area contributed by atoms with E-state index in [1.165, 1.54) is 5.56 Å². The number of aliphatic imine (C=N–C) groups is 1. The van der Waals surface area contributed by atoms with Crippen molar-refractivity contribution in [1.29, 1.82) is 0 Å². The molecule has 0 aliphatic rings. The van der Waals surface area contributed by atoms with Crippen LogP contribution in [0, 0.1) is 13.8 Å². The van der Waals surface area contributed by atoms with Crippen LogP contribution >= 0.6 is 35.3 Å². The van der Waals surface area contributed by atoms with E-state index in [4.69, 9.17) is 4.52 Å². The van der Waals surface area contributed by atoms with E-state index in [9.17, 15) is 0 Å². The molecular formula is C13H19IN4OS. The van der Waals surface area contributed by atoms with Gasteiger partial charge in [-0.3, -0.25) is 4.99 Å². The van der Waals surface area contributed by atoms with Crippen LogP contribution in [0.2, 0.25) is 0 Å². The summed E-state index contributed by atoms with van der Waals surface area (Å²) in [6, 6.07) is 2.10. The van der Waals surface area contributed by atoms with Gasteiger partial charge in [0.25, 0.3) is 0 Å². The first kappa shape index (κ1) is 17.0. The van der Waals surface area contributed by atoms with E-state index in [-0.39, 0.29) is 24.0 Å².